The molecule has 0 saturated carbocycles. The summed E-state index contributed by atoms with van der Waals surface area (Å²) in [5, 5.41) is 7.00. The Bertz CT molecular complexity index is 887. The molecule has 25 heavy (non-hydrogen) atoms. The Morgan fingerprint density at radius 2 is 1.96 bits per heavy atom. The zero-order chi connectivity index (χ0) is 17.8. The molecule has 0 spiro atoms. The normalized spacial score (nSPS) is 10.7. The molecule has 0 aliphatic carbocycles. The number of nitrogens with zero attached hydrogens (tertiary/aromatic N) is 2. The average Bonchev–Trinajstić information content (AvgIpc) is 3.01. The van der Waals surface area contributed by atoms with Crippen LogP contribution in [0.1, 0.15) is 34.1 Å². The van der Waals surface area contributed by atoms with Crippen molar-refractivity contribution in [2.75, 3.05) is 5.32 Å². The van der Waals surface area contributed by atoms with Gasteiger partial charge in [-0.3, -0.25) is 9.48 Å². The number of aromatic nitrogens is 2. The molecule has 0 fully saturated rings. The molecule has 128 valence electrons. The van der Waals surface area contributed by atoms with Gasteiger partial charge in [-0.05, 0) is 36.6 Å². The van der Waals surface area contributed by atoms with Gasteiger partial charge in [-0.2, -0.15) is 5.10 Å². The molecule has 0 radical (unpaired) electrons. The average molecular weight is 337 g/mol. The van der Waals surface area contributed by atoms with Crippen LogP contribution in [0.5, 0.6) is 0 Å². The van der Waals surface area contributed by atoms with Gasteiger partial charge in [0, 0.05) is 0 Å². The summed E-state index contributed by atoms with van der Waals surface area (Å²) in [5.74, 6) is -0.797. The minimum Gasteiger partial charge on any atom is -0.319 e. The van der Waals surface area contributed by atoms with E-state index in [1.54, 1.807) is 18.3 Å². The number of amides is 1. The molecule has 1 heterocycles. The van der Waals surface area contributed by atoms with Crippen LogP contribution in [-0.2, 0) is 13.0 Å². The van der Waals surface area contributed by atoms with Gasteiger partial charge in [0.05, 0.1) is 29.7 Å². The van der Waals surface area contributed by atoms with Crippen LogP contribution in [0.3, 0.4) is 0 Å². The Labute approximate surface area is 146 Å². The van der Waals surface area contributed by atoms with E-state index in [4.69, 9.17) is 0 Å². The fourth-order valence-corrected chi connectivity index (χ4v) is 2.79. The molecule has 0 unspecified atom stereocenters. The summed E-state index contributed by atoms with van der Waals surface area (Å²) in [7, 11) is 0. The predicted octanol–water partition coefficient (Wildman–Crippen LogP) is 4.19. The van der Waals surface area contributed by atoms with Gasteiger partial charge in [0.25, 0.3) is 5.91 Å². The van der Waals surface area contributed by atoms with E-state index in [2.05, 4.69) is 10.4 Å². The van der Waals surface area contributed by atoms with Gasteiger partial charge < -0.3 is 5.32 Å². The van der Waals surface area contributed by atoms with Crippen molar-refractivity contribution >= 4 is 11.6 Å². The van der Waals surface area contributed by atoms with E-state index < -0.39 is 5.82 Å². The number of carbonyl (C=O) groups excluding carboxylic acids is 1. The first kappa shape index (κ1) is 16.9. The summed E-state index contributed by atoms with van der Waals surface area (Å²) >= 11 is 0. The highest BCUT2D eigenvalue weighted by atomic mass is 19.1. The van der Waals surface area contributed by atoms with Crippen molar-refractivity contribution in [3.05, 3.63) is 82.9 Å². The first-order chi connectivity index (χ1) is 12.1. The lowest BCUT2D eigenvalue weighted by Gasteiger charge is -2.10. The van der Waals surface area contributed by atoms with Crippen molar-refractivity contribution in [2.45, 2.75) is 26.8 Å². The van der Waals surface area contributed by atoms with Gasteiger partial charge >= 0.3 is 0 Å². The van der Waals surface area contributed by atoms with Gasteiger partial charge in [0.15, 0.2) is 0 Å². The highest BCUT2D eigenvalue weighted by molar-refractivity contribution is 6.05. The van der Waals surface area contributed by atoms with Crippen LogP contribution in [0.15, 0.2) is 54.7 Å². The first-order valence-electron chi connectivity index (χ1n) is 8.24. The molecule has 1 N–H and O–H groups in total. The molecule has 4 nitrogen and oxygen atoms in total. The predicted molar refractivity (Wildman–Crippen MR) is 96.2 cm³/mol. The summed E-state index contributed by atoms with van der Waals surface area (Å²) < 4.78 is 15.7. The third-order valence-electron chi connectivity index (χ3n) is 4.07. The zero-order valence-electron chi connectivity index (χ0n) is 14.3. The Balaban J connectivity index is 1.84. The molecule has 1 aromatic heterocycles. The standard InChI is InChI=1S/C20H20FN3O/c1-3-19-16(12-22-24(19)13-15-7-5-4-6-8-15)20(25)23-18-11-14(2)9-10-17(18)21/h4-12H,3,13H2,1-2H3,(H,23,25). The second kappa shape index (κ2) is 7.30. The molecule has 0 aliphatic heterocycles. The lowest BCUT2D eigenvalue weighted by Crippen LogP contribution is -2.16. The highest BCUT2D eigenvalue weighted by Gasteiger charge is 2.17. The van der Waals surface area contributed by atoms with E-state index in [0.29, 0.717) is 18.5 Å². The topological polar surface area (TPSA) is 46.9 Å². The molecule has 1 amide bonds. The smallest absolute Gasteiger partial charge is 0.259 e. The zero-order valence-corrected chi connectivity index (χ0v) is 14.3. The van der Waals surface area contributed by atoms with Crippen LogP contribution in [-0.4, -0.2) is 15.7 Å². The molecule has 2 aromatic carbocycles. The molecule has 3 rings (SSSR count). The summed E-state index contributed by atoms with van der Waals surface area (Å²) in [6.45, 7) is 4.42. The molecule has 0 saturated heterocycles. The Morgan fingerprint density at radius 3 is 2.68 bits per heavy atom. The number of hydrogen-bond donors (Lipinski definition) is 1. The fraction of sp³-hybridized carbons (Fsp3) is 0.200. The number of anilines is 1. The van der Waals surface area contributed by atoms with E-state index in [1.165, 1.54) is 6.07 Å². The van der Waals surface area contributed by atoms with E-state index in [0.717, 1.165) is 16.8 Å². The number of aryl methyl sites for hydroxylation is 1. The van der Waals surface area contributed by atoms with Crippen LogP contribution in [0.4, 0.5) is 10.1 Å². The largest absolute Gasteiger partial charge is 0.319 e. The van der Waals surface area contributed by atoms with E-state index in [-0.39, 0.29) is 11.6 Å². The Morgan fingerprint density at radius 1 is 1.20 bits per heavy atom. The van der Waals surface area contributed by atoms with Crippen molar-refractivity contribution in [2.24, 2.45) is 0 Å². The van der Waals surface area contributed by atoms with Gasteiger partial charge in [-0.25, -0.2) is 4.39 Å². The molecule has 0 aliphatic rings. The lowest BCUT2D eigenvalue weighted by atomic mass is 10.1. The minimum atomic E-state index is -0.450. The monoisotopic (exact) mass is 337 g/mol. The summed E-state index contributed by atoms with van der Waals surface area (Å²) in [5.41, 5.74) is 3.47. The van der Waals surface area contributed by atoms with Crippen LogP contribution in [0.2, 0.25) is 0 Å². The SMILES string of the molecule is CCc1c(C(=O)Nc2cc(C)ccc2F)cnn1Cc1ccccc1. The van der Waals surface area contributed by atoms with Gasteiger partial charge in [-0.15, -0.1) is 0 Å². The van der Waals surface area contributed by atoms with Gasteiger partial charge in [0.1, 0.15) is 5.82 Å². The van der Waals surface area contributed by atoms with Crippen LogP contribution < -0.4 is 5.32 Å². The van der Waals surface area contributed by atoms with Crippen molar-refractivity contribution in [1.82, 2.24) is 9.78 Å². The number of halogens is 1. The maximum atomic E-state index is 13.9. The quantitative estimate of drug-likeness (QED) is 0.759. The summed E-state index contributed by atoms with van der Waals surface area (Å²) in [6.07, 6.45) is 2.21. The van der Waals surface area contributed by atoms with Crippen LogP contribution >= 0.6 is 0 Å². The number of rotatable bonds is 5. The van der Waals surface area contributed by atoms with Gasteiger partial charge in [0.2, 0.25) is 0 Å². The number of nitrogens with one attached hydrogen (secondary N) is 1. The second-order valence-electron chi connectivity index (χ2n) is 5.94. The van der Waals surface area contributed by atoms with Crippen molar-refractivity contribution in [3.63, 3.8) is 0 Å². The summed E-state index contributed by atoms with van der Waals surface area (Å²) in [6, 6.07) is 14.6. The third-order valence-corrected chi connectivity index (χ3v) is 4.07. The van der Waals surface area contributed by atoms with Crippen molar-refractivity contribution in [3.8, 4) is 0 Å². The van der Waals surface area contributed by atoms with E-state index >= 15 is 0 Å². The lowest BCUT2D eigenvalue weighted by molar-refractivity contribution is 0.102. The fourth-order valence-electron chi connectivity index (χ4n) is 2.79. The van der Waals surface area contributed by atoms with Crippen molar-refractivity contribution < 1.29 is 9.18 Å². The Kier molecular flexibility index (Phi) is 4.93. The molecular formula is C20H20FN3O. The third kappa shape index (κ3) is 3.76. The summed E-state index contributed by atoms with van der Waals surface area (Å²) in [4.78, 5) is 12.6. The number of hydrogen-bond acceptors (Lipinski definition) is 2. The Hall–Kier alpha value is -2.95. The highest BCUT2D eigenvalue weighted by Crippen LogP contribution is 2.19. The number of carbonyl (C=O) groups is 1. The minimum absolute atomic E-state index is 0.183. The van der Waals surface area contributed by atoms with E-state index in [1.807, 2.05) is 48.9 Å². The van der Waals surface area contributed by atoms with Gasteiger partial charge in [-0.1, -0.05) is 43.3 Å². The first-order valence-corrected chi connectivity index (χ1v) is 8.24. The molecule has 5 heteroatoms. The van der Waals surface area contributed by atoms with Crippen LogP contribution in [0.25, 0.3) is 0 Å². The maximum absolute atomic E-state index is 13.9. The molecule has 0 bridgehead atoms. The van der Waals surface area contributed by atoms with E-state index in [9.17, 15) is 9.18 Å². The number of benzene rings is 2. The molecule has 3 aromatic rings. The second-order valence-corrected chi connectivity index (χ2v) is 5.94. The van der Waals surface area contributed by atoms with Crippen LogP contribution in [0, 0.1) is 12.7 Å². The molecule has 0 atom stereocenters. The molecular weight excluding hydrogens is 317 g/mol. The van der Waals surface area contributed by atoms with Crippen molar-refractivity contribution in [1.29, 1.82) is 0 Å². The maximum Gasteiger partial charge on any atom is 0.259 e.